The summed E-state index contributed by atoms with van der Waals surface area (Å²) in [5, 5.41) is 0. The van der Waals surface area contributed by atoms with Gasteiger partial charge in [-0.25, -0.2) is 0 Å². The lowest BCUT2D eigenvalue weighted by Gasteiger charge is -2.63. The van der Waals surface area contributed by atoms with E-state index in [1.807, 2.05) is 6.07 Å². The first kappa shape index (κ1) is 28.3. The summed E-state index contributed by atoms with van der Waals surface area (Å²) >= 11 is 0. The average Bonchev–Trinajstić information content (AvgIpc) is 3.62. The van der Waals surface area contributed by atoms with Crippen molar-refractivity contribution in [2.45, 2.75) is 102 Å². The van der Waals surface area contributed by atoms with Crippen LogP contribution in [-0.2, 0) is 32.0 Å². The van der Waals surface area contributed by atoms with Gasteiger partial charge in [-0.3, -0.25) is 9.69 Å². The standard InChI is InChI=1S/C38H49NO4/c1-35-19-20-37(24-29(35)13-14-30-31(35)15-17-36(2)32(30)16-18-38(36)41-21-22-42-38)26-39(25-28-11-7-4-8-12-28)33(34(40)43-37)23-27-9-5-3-6-10-27/h3-12,29-33H,13-26H2,1-2H3/t29-,30+,31-,32-,33-,35-,36-,37+/m0/s1. The van der Waals surface area contributed by atoms with Gasteiger partial charge in [0.2, 0.25) is 0 Å². The molecule has 2 aromatic rings. The molecule has 4 saturated carbocycles. The number of nitrogens with zero attached hydrogens (tertiary/aromatic N) is 1. The Labute approximate surface area is 257 Å². The second-order valence-electron chi connectivity index (χ2n) is 15.5. The van der Waals surface area contributed by atoms with Crippen LogP contribution in [0.1, 0.15) is 82.8 Å². The zero-order valence-corrected chi connectivity index (χ0v) is 26.1. The molecule has 0 aromatic heterocycles. The van der Waals surface area contributed by atoms with Crippen molar-refractivity contribution >= 4 is 5.97 Å². The number of fused-ring (bicyclic) bond motifs is 6. The molecule has 2 spiro atoms. The van der Waals surface area contributed by atoms with Crippen LogP contribution in [0.4, 0.5) is 0 Å². The van der Waals surface area contributed by atoms with Crippen molar-refractivity contribution in [1.82, 2.24) is 4.90 Å². The molecule has 6 fully saturated rings. The van der Waals surface area contributed by atoms with E-state index in [4.69, 9.17) is 14.2 Å². The number of hydrogen-bond acceptors (Lipinski definition) is 5. The smallest absolute Gasteiger partial charge is 0.324 e. The Balaban J connectivity index is 1.03. The molecule has 43 heavy (non-hydrogen) atoms. The van der Waals surface area contributed by atoms with Gasteiger partial charge in [-0.05, 0) is 98.0 Å². The van der Waals surface area contributed by atoms with Crippen LogP contribution in [-0.4, -0.2) is 48.1 Å². The van der Waals surface area contributed by atoms with Crippen LogP contribution < -0.4 is 0 Å². The molecular weight excluding hydrogens is 534 g/mol. The first-order valence-corrected chi connectivity index (χ1v) is 17.2. The highest BCUT2D eigenvalue weighted by Gasteiger charge is 2.68. The van der Waals surface area contributed by atoms with E-state index < -0.39 is 0 Å². The first-order chi connectivity index (χ1) is 20.8. The highest BCUT2D eigenvalue weighted by atomic mass is 16.7. The van der Waals surface area contributed by atoms with E-state index in [-0.39, 0.29) is 28.8 Å². The van der Waals surface area contributed by atoms with E-state index in [0.717, 1.165) is 63.8 Å². The fourth-order valence-corrected chi connectivity index (χ4v) is 11.4. The minimum Gasteiger partial charge on any atom is -0.457 e. The van der Waals surface area contributed by atoms with Crippen molar-refractivity contribution in [2.75, 3.05) is 19.8 Å². The molecule has 0 bridgehead atoms. The number of ether oxygens (including phenoxy) is 3. The number of esters is 1. The Kier molecular flexibility index (Phi) is 6.85. The average molecular weight is 584 g/mol. The van der Waals surface area contributed by atoms with Crippen LogP contribution in [0, 0.1) is 34.5 Å². The predicted molar refractivity (Wildman–Crippen MR) is 166 cm³/mol. The Morgan fingerprint density at radius 2 is 1.49 bits per heavy atom. The molecule has 8 atom stereocenters. The van der Waals surface area contributed by atoms with E-state index in [1.54, 1.807) is 0 Å². The maximum absolute atomic E-state index is 13.9. The monoisotopic (exact) mass is 583 g/mol. The maximum atomic E-state index is 13.9. The Bertz CT molecular complexity index is 1330. The topological polar surface area (TPSA) is 48.0 Å². The van der Waals surface area contributed by atoms with Crippen LogP contribution in [0.3, 0.4) is 0 Å². The summed E-state index contributed by atoms with van der Waals surface area (Å²) in [6.45, 7) is 8.24. The van der Waals surface area contributed by atoms with Crippen molar-refractivity contribution < 1.29 is 19.0 Å². The molecule has 0 amide bonds. The van der Waals surface area contributed by atoms with Gasteiger partial charge in [0.05, 0.1) is 13.2 Å². The van der Waals surface area contributed by atoms with Crippen LogP contribution >= 0.6 is 0 Å². The molecule has 0 radical (unpaired) electrons. The molecule has 6 aliphatic rings. The fourth-order valence-electron chi connectivity index (χ4n) is 11.4. The molecule has 5 nitrogen and oxygen atoms in total. The Morgan fingerprint density at radius 1 is 0.791 bits per heavy atom. The van der Waals surface area contributed by atoms with Crippen molar-refractivity contribution in [3.63, 3.8) is 0 Å². The minimum atomic E-state index is -0.373. The lowest BCUT2D eigenvalue weighted by Crippen LogP contribution is -2.64. The van der Waals surface area contributed by atoms with Gasteiger partial charge in [0.15, 0.2) is 5.79 Å². The largest absolute Gasteiger partial charge is 0.457 e. The third-order valence-corrected chi connectivity index (χ3v) is 13.6. The van der Waals surface area contributed by atoms with Gasteiger partial charge >= 0.3 is 5.97 Å². The van der Waals surface area contributed by atoms with Gasteiger partial charge in [0.1, 0.15) is 11.6 Å². The summed E-state index contributed by atoms with van der Waals surface area (Å²) in [4.78, 5) is 16.4. The van der Waals surface area contributed by atoms with E-state index in [9.17, 15) is 4.79 Å². The van der Waals surface area contributed by atoms with Gasteiger partial charge in [0, 0.05) is 24.9 Å². The summed E-state index contributed by atoms with van der Waals surface area (Å²) in [5.41, 5.74) is 2.55. The molecule has 2 saturated heterocycles. The van der Waals surface area contributed by atoms with Gasteiger partial charge < -0.3 is 14.2 Å². The Morgan fingerprint density at radius 3 is 2.23 bits per heavy atom. The van der Waals surface area contributed by atoms with Crippen molar-refractivity contribution in [2.24, 2.45) is 34.5 Å². The molecular formula is C38H49NO4. The predicted octanol–water partition coefficient (Wildman–Crippen LogP) is 7.18. The van der Waals surface area contributed by atoms with Gasteiger partial charge in [-0.2, -0.15) is 0 Å². The number of hydrogen-bond donors (Lipinski definition) is 0. The molecule has 2 aliphatic heterocycles. The molecule has 2 aromatic carbocycles. The lowest BCUT2D eigenvalue weighted by molar-refractivity contribution is -0.251. The number of morpholine rings is 1. The van der Waals surface area contributed by atoms with Crippen LogP contribution in [0.15, 0.2) is 60.7 Å². The van der Waals surface area contributed by atoms with Crippen molar-refractivity contribution in [3.8, 4) is 0 Å². The Hall–Kier alpha value is -2.21. The molecule has 2 heterocycles. The van der Waals surface area contributed by atoms with Crippen molar-refractivity contribution in [1.29, 1.82) is 0 Å². The highest BCUT2D eigenvalue weighted by molar-refractivity contribution is 5.77. The van der Waals surface area contributed by atoms with E-state index in [1.165, 1.54) is 43.2 Å². The van der Waals surface area contributed by atoms with E-state index in [2.05, 4.69) is 73.3 Å². The van der Waals surface area contributed by atoms with Crippen LogP contribution in [0.25, 0.3) is 0 Å². The third-order valence-electron chi connectivity index (χ3n) is 13.6. The summed E-state index contributed by atoms with van der Waals surface area (Å²) in [7, 11) is 0. The summed E-state index contributed by atoms with van der Waals surface area (Å²) in [6.07, 6.45) is 11.2. The number of benzene rings is 2. The quantitative estimate of drug-likeness (QED) is 0.357. The number of rotatable bonds is 4. The molecule has 0 N–H and O–H groups in total. The summed E-state index contributed by atoms with van der Waals surface area (Å²) in [5.74, 6) is 2.48. The van der Waals surface area contributed by atoms with Crippen LogP contribution in [0.5, 0.6) is 0 Å². The van der Waals surface area contributed by atoms with E-state index >= 15 is 0 Å². The summed E-state index contributed by atoms with van der Waals surface area (Å²) in [6, 6.07) is 20.9. The van der Waals surface area contributed by atoms with Gasteiger partial charge in [-0.1, -0.05) is 74.5 Å². The molecule has 230 valence electrons. The maximum Gasteiger partial charge on any atom is 0.324 e. The molecule has 8 rings (SSSR count). The second-order valence-corrected chi connectivity index (χ2v) is 15.5. The van der Waals surface area contributed by atoms with Gasteiger partial charge in [-0.15, -0.1) is 0 Å². The second kappa shape index (κ2) is 10.4. The zero-order valence-electron chi connectivity index (χ0n) is 26.1. The summed E-state index contributed by atoms with van der Waals surface area (Å²) < 4.78 is 19.4. The molecule has 5 heteroatoms. The van der Waals surface area contributed by atoms with Gasteiger partial charge in [0.25, 0.3) is 0 Å². The molecule has 4 aliphatic carbocycles. The van der Waals surface area contributed by atoms with Crippen molar-refractivity contribution in [3.05, 3.63) is 71.8 Å². The zero-order chi connectivity index (χ0) is 29.3. The normalized spacial score (nSPS) is 41.9. The number of carbonyl (C=O) groups excluding carboxylic acids is 1. The SMILES string of the molecule is C[C@]12CC[C@@]3(C[C@@H]1CC[C@@H]1[C@@H]2CC[C@@]2(C)[C@H]1CCC21OCCO1)CN(Cc1ccccc1)[C@@H](Cc1ccccc1)C(=O)O3. The fraction of sp³-hybridized carbons (Fsp3) is 0.658. The lowest BCUT2D eigenvalue weighted by atomic mass is 9.44. The van der Waals surface area contributed by atoms with E-state index in [0.29, 0.717) is 23.7 Å². The first-order valence-electron chi connectivity index (χ1n) is 17.2. The molecule has 0 unspecified atom stereocenters. The minimum absolute atomic E-state index is 0.0235. The highest BCUT2D eigenvalue weighted by Crippen LogP contribution is 2.70. The number of carbonyl (C=O) groups is 1. The van der Waals surface area contributed by atoms with Crippen LogP contribution in [0.2, 0.25) is 0 Å². The third kappa shape index (κ3) is 4.47.